The molecule has 0 aromatic heterocycles. The van der Waals surface area contributed by atoms with Crippen LogP contribution in [0.5, 0.6) is 0 Å². The Kier molecular flexibility index (Phi) is 8.10. The Morgan fingerprint density at radius 2 is 1.49 bits per heavy atom. The lowest BCUT2D eigenvalue weighted by atomic mass is 9.91. The van der Waals surface area contributed by atoms with Crippen molar-refractivity contribution in [3.05, 3.63) is 12.2 Å². The highest BCUT2D eigenvalue weighted by atomic mass is 32.3. The minimum Gasteiger partial charge on any atom is -0.434 e. The van der Waals surface area contributed by atoms with E-state index < -0.39 is 59.9 Å². The van der Waals surface area contributed by atoms with E-state index in [4.69, 9.17) is 9.47 Å². The second-order valence-electron chi connectivity index (χ2n) is 9.28. The number of sulfone groups is 2. The molecule has 7 nitrogen and oxygen atoms in total. The first kappa shape index (κ1) is 28.1. The Morgan fingerprint density at radius 1 is 0.914 bits per heavy atom. The van der Waals surface area contributed by atoms with Crippen LogP contribution in [0.25, 0.3) is 0 Å². The first-order chi connectivity index (χ1) is 16.0. The minimum atomic E-state index is -6.82. The maximum atomic E-state index is 13.1. The zero-order valence-corrected chi connectivity index (χ0v) is 20.1. The second kappa shape index (κ2) is 10.1. The summed E-state index contributed by atoms with van der Waals surface area (Å²) in [5.74, 6) is 0.271. The van der Waals surface area contributed by atoms with Gasteiger partial charge < -0.3 is 9.47 Å². The van der Waals surface area contributed by atoms with Crippen LogP contribution in [0.2, 0.25) is 0 Å². The fourth-order valence-corrected chi connectivity index (χ4v) is 8.72. The van der Waals surface area contributed by atoms with Crippen LogP contribution in [-0.4, -0.2) is 51.3 Å². The Labute approximate surface area is 199 Å². The Hall–Kier alpha value is -1.51. The van der Waals surface area contributed by atoms with E-state index in [2.05, 4.69) is 12.2 Å². The van der Waals surface area contributed by atoms with E-state index in [-0.39, 0.29) is 25.4 Å². The van der Waals surface area contributed by atoms with Crippen molar-refractivity contribution in [1.29, 1.82) is 0 Å². The molecule has 3 aliphatic carbocycles. The summed E-state index contributed by atoms with van der Waals surface area (Å²) in [5.41, 5.74) is -12.5. The molecule has 4 atom stereocenters. The molecular weight excluding hydrogens is 530 g/mol. The lowest BCUT2D eigenvalue weighted by Gasteiger charge is -2.28. The fourth-order valence-electron chi connectivity index (χ4n) is 5.25. The van der Waals surface area contributed by atoms with Gasteiger partial charge in [0.15, 0.2) is 4.58 Å². The average molecular weight is 557 g/mol. The summed E-state index contributed by atoms with van der Waals surface area (Å²) >= 11 is 0. The molecule has 202 valence electrons. The van der Waals surface area contributed by atoms with E-state index in [1.54, 1.807) is 0 Å². The van der Waals surface area contributed by atoms with Gasteiger partial charge in [0, 0.05) is 6.42 Å². The molecule has 0 N–H and O–H groups in total. The molecule has 3 aliphatic rings. The number of rotatable bonds is 9. The SMILES string of the molecule is O=C(OCCC1CC2C=CC1C2)OC(CC(S(=O)(=O)C(F)(F)F)S(=O)(=O)C(F)(F)F)C1CCCC1. The van der Waals surface area contributed by atoms with Gasteiger partial charge in [0.1, 0.15) is 6.10 Å². The topological polar surface area (TPSA) is 104 Å². The second-order valence-corrected chi connectivity index (χ2v) is 13.8. The molecule has 2 saturated carbocycles. The third-order valence-electron chi connectivity index (χ3n) is 7.06. The van der Waals surface area contributed by atoms with Crippen molar-refractivity contribution in [3.8, 4) is 0 Å². The van der Waals surface area contributed by atoms with Crippen LogP contribution in [0.15, 0.2) is 12.2 Å². The number of alkyl halides is 6. The van der Waals surface area contributed by atoms with Gasteiger partial charge >= 0.3 is 17.2 Å². The van der Waals surface area contributed by atoms with Crippen molar-refractivity contribution in [2.75, 3.05) is 6.61 Å². The maximum Gasteiger partial charge on any atom is 0.508 e. The summed E-state index contributed by atoms with van der Waals surface area (Å²) in [4.78, 5) is 12.2. The first-order valence-corrected chi connectivity index (χ1v) is 14.3. The van der Waals surface area contributed by atoms with E-state index in [1.807, 2.05) is 0 Å². The lowest BCUT2D eigenvalue weighted by molar-refractivity contribution is -0.0483. The molecule has 0 heterocycles. The van der Waals surface area contributed by atoms with Gasteiger partial charge in [0.25, 0.3) is 19.7 Å². The minimum absolute atomic E-state index is 0.108. The molecular formula is C20H26F6O7S2. The normalized spacial score (nSPS) is 26.4. The zero-order chi connectivity index (χ0) is 26.2. The molecule has 0 aliphatic heterocycles. The van der Waals surface area contributed by atoms with Crippen LogP contribution in [0, 0.1) is 23.7 Å². The quantitative estimate of drug-likeness (QED) is 0.226. The monoisotopic (exact) mass is 556 g/mol. The number of halogens is 6. The number of allylic oxidation sites excluding steroid dienone is 2. The van der Waals surface area contributed by atoms with Gasteiger partial charge in [0.05, 0.1) is 6.61 Å². The molecule has 2 fully saturated rings. The van der Waals surface area contributed by atoms with Gasteiger partial charge in [-0.15, -0.1) is 0 Å². The van der Waals surface area contributed by atoms with Crippen LogP contribution in [0.3, 0.4) is 0 Å². The molecule has 0 aromatic carbocycles. The van der Waals surface area contributed by atoms with Crippen LogP contribution in [-0.2, 0) is 29.1 Å². The zero-order valence-electron chi connectivity index (χ0n) is 18.4. The molecule has 2 bridgehead atoms. The molecule has 15 heteroatoms. The maximum absolute atomic E-state index is 13.1. The number of fused-ring (bicyclic) bond motifs is 2. The Morgan fingerprint density at radius 3 is 1.94 bits per heavy atom. The van der Waals surface area contributed by atoms with Crippen molar-refractivity contribution in [1.82, 2.24) is 0 Å². The van der Waals surface area contributed by atoms with Crippen LogP contribution < -0.4 is 0 Å². The molecule has 0 aromatic rings. The highest BCUT2D eigenvalue weighted by Gasteiger charge is 2.63. The number of ether oxygens (including phenoxy) is 2. The molecule has 35 heavy (non-hydrogen) atoms. The van der Waals surface area contributed by atoms with Crippen molar-refractivity contribution in [2.24, 2.45) is 23.7 Å². The largest absolute Gasteiger partial charge is 0.508 e. The van der Waals surface area contributed by atoms with Gasteiger partial charge in [-0.3, -0.25) is 0 Å². The van der Waals surface area contributed by atoms with Crippen LogP contribution in [0.1, 0.15) is 51.4 Å². The van der Waals surface area contributed by atoms with Crippen molar-refractivity contribution in [3.63, 3.8) is 0 Å². The van der Waals surface area contributed by atoms with Crippen molar-refractivity contribution < 1.29 is 57.4 Å². The van der Waals surface area contributed by atoms with Gasteiger partial charge in [-0.25, -0.2) is 21.6 Å². The van der Waals surface area contributed by atoms with Gasteiger partial charge in [-0.05, 0) is 55.8 Å². The molecule has 0 amide bonds. The summed E-state index contributed by atoms with van der Waals surface area (Å²) in [6.45, 7) is -0.108. The molecule has 4 unspecified atom stereocenters. The predicted octanol–water partition coefficient (Wildman–Crippen LogP) is 4.89. The van der Waals surface area contributed by atoms with Gasteiger partial charge in [0.2, 0.25) is 0 Å². The Bertz CT molecular complexity index is 970. The summed E-state index contributed by atoms with van der Waals surface area (Å²) in [6.07, 6.45) is 3.07. The van der Waals surface area contributed by atoms with Crippen LogP contribution >= 0.6 is 0 Å². The van der Waals surface area contributed by atoms with E-state index in [0.29, 0.717) is 31.1 Å². The van der Waals surface area contributed by atoms with E-state index in [0.717, 1.165) is 12.8 Å². The highest BCUT2D eigenvalue weighted by molar-refractivity contribution is 8.09. The van der Waals surface area contributed by atoms with Crippen molar-refractivity contribution >= 4 is 25.8 Å². The smallest absolute Gasteiger partial charge is 0.434 e. The summed E-state index contributed by atoms with van der Waals surface area (Å²) in [5, 5.41) is 0. The number of carbonyl (C=O) groups excluding carboxylic acids is 1. The highest BCUT2D eigenvalue weighted by Crippen LogP contribution is 2.45. The Balaban J connectivity index is 1.74. The molecule has 0 spiro atoms. The third-order valence-corrected chi connectivity index (χ3v) is 11.6. The predicted molar refractivity (Wildman–Crippen MR) is 110 cm³/mol. The standard InChI is InChI=1S/C20H26F6O7S2/c21-19(22,23)34(28,29)17(35(30,31)20(24,25)26)11-16(13-3-1-2-4-13)33-18(27)32-8-7-15-10-12-5-6-14(15)9-12/h5-6,12-17H,1-4,7-11H2. The van der Waals surface area contributed by atoms with Gasteiger partial charge in [-0.2, -0.15) is 26.3 Å². The number of hydrogen-bond donors (Lipinski definition) is 0. The number of carbonyl (C=O) groups is 1. The molecule has 0 radical (unpaired) electrons. The first-order valence-electron chi connectivity index (χ1n) is 11.2. The van der Waals surface area contributed by atoms with E-state index in [1.165, 1.54) is 0 Å². The van der Waals surface area contributed by atoms with Crippen LogP contribution in [0.4, 0.5) is 31.1 Å². The van der Waals surface area contributed by atoms with Crippen molar-refractivity contribution in [2.45, 2.75) is 73.1 Å². The summed E-state index contributed by atoms with van der Waals surface area (Å²) < 4.78 is 132. The van der Waals surface area contributed by atoms with E-state index in [9.17, 15) is 48.0 Å². The summed E-state index contributed by atoms with van der Waals surface area (Å²) in [7, 11) is -13.6. The van der Waals surface area contributed by atoms with Gasteiger partial charge in [-0.1, -0.05) is 25.0 Å². The molecule has 3 rings (SSSR count). The molecule has 0 saturated heterocycles. The third kappa shape index (κ3) is 6.08. The average Bonchev–Trinajstić information content (AvgIpc) is 3.47. The summed E-state index contributed by atoms with van der Waals surface area (Å²) in [6, 6.07) is 0. The fraction of sp³-hybridized carbons (Fsp3) is 0.850. The number of hydrogen-bond acceptors (Lipinski definition) is 7. The lowest BCUT2D eigenvalue weighted by Crippen LogP contribution is -2.47. The van der Waals surface area contributed by atoms with E-state index >= 15 is 0 Å².